The Bertz CT molecular complexity index is 692. The normalized spacial score (nSPS) is 16.1. The van der Waals surface area contributed by atoms with Crippen LogP contribution in [-0.2, 0) is 10.2 Å². The highest BCUT2D eigenvalue weighted by Gasteiger charge is 2.18. The number of anilines is 1. The first-order valence-electron chi connectivity index (χ1n) is 8.47. The van der Waals surface area contributed by atoms with E-state index in [1.807, 2.05) is 35.1 Å². The summed E-state index contributed by atoms with van der Waals surface area (Å²) < 4.78 is 7.30. The lowest BCUT2D eigenvalue weighted by molar-refractivity contribution is 0.0662. The molecule has 0 radical (unpaired) electrons. The molecule has 3 rings (SSSR count). The molecule has 0 bridgehead atoms. The van der Waals surface area contributed by atoms with Crippen LogP contribution in [0.5, 0.6) is 0 Å². The summed E-state index contributed by atoms with van der Waals surface area (Å²) in [5, 5.41) is 7.30. The van der Waals surface area contributed by atoms with Crippen molar-refractivity contribution in [2.45, 2.75) is 45.1 Å². The van der Waals surface area contributed by atoms with Crippen LogP contribution in [0.25, 0.3) is 0 Å². The second-order valence-electron chi connectivity index (χ2n) is 7.33. The third-order valence-electron chi connectivity index (χ3n) is 4.44. The number of carbonyl (C=O) groups is 1. The number of benzene rings is 1. The largest absolute Gasteiger partial charge is 0.381 e. The first-order valence-corrected chi connectivity index (χ1v) is 8.47. The molecular weight excluding hydrogens is 302 g/mol. The number of amides is 1. The number of nitrogens with one attached hydrogen (secondary N) is 1. The summed E-state index contributed by atoms with van der Waals surface area (Å²) in [5.74, 6) is -0.109. The first-order chi connectivity index (χ1) is 11.4. The van der Waals surface area contributed by atoms with Crippen LogP contribution in [0.15, 0.2) is 36.7 Å². The quantitative estimate of drug-likeness (QED) is 0.933. The number of hydrogen-bond acceptors (Lipinski definition) is 3. The number of ether oxygens (including phenoxy) is 1. The molecular formula is C19H25N3O2. The van der Waals surface area contributed by atoms with E-state index in [0.717, 1.165) is 31.7 Å². The maximum atomic E-state index is 12.4. The van der Waals surface area contributed by atoms with E-state index in [4.69, 9.17) is 4.74 Å². The van der Waals surface area contributed by atoms with Crippen LogP contribution in [0.2, 0.25) is 0 Å². The summed E-state index contributed by atoms with van der Waals surface area (Å²) in [7, 11) is 0. The van der Waals surface area contributed by atoms with Gasteiger partial charge in [0.2, 0.25) is 0 Å². The van der Waals surface area contributed by atoms with Gasteiger partial charge in [-0.15, -0.1) is 0 Å². The maximum Gasteiger partial charge on any atom is 0.255 e. The monoisotopic (exact) mass is 327 g/mol. The Hall–Kier alpha value is -2.14. The zero-order valence-electron chi connectivity index (χ0n) is 14.6. The highest BCUT2D eigenvalue weighted by molar-refractivity contribution is 6.04. The summed E-state index contributed by atoms with van der Waals surface area (Å²) in [6.45, 7) is 8.02. The van der Waals surface area contributed by atoms with Gasteiger partial charge in [-0.3, -0.25) is 9.48 Å². The average Bonchev–Trinajstić information content (AvgIpc) is 3.03. The van der Waals surface area contributed by atoms with Crippen molar-refractivity contribution in [1.82, 2.24) is 9.78 Å². The molecule has 0 atom stereocenters. The second-order valence-corrected chi connectivity index (χ2v) is 7.33. The molecule has 2 aromatic rings. The van der Waals surface area contributed by atoms with Crippen LogP contribution >= 0.6 is 0 Å². The van der Waals surface area contributed by atoms with Crippen molar-refractivity contribution in [3.05, 3.63) is 47.8 Å². The third kappa shape index (κ3) is 3.85. The van der Waals surface area contributed by atoms with Crippen molar-refractivity contribution < 1.29 is 9.53 Å². The molecule has 2 heterocycles. The van der Waals surface area contributed by atoms with Gasteiger partial charge in [0.15, 0.2) is 0 Å². The molecule has 1 aliphatic rings. The Kier molecular flexibility index (Phi) is 4.71. The highest BCUT2D eigenvalue weighted by Crippen LogP contribution is 2.23. The van der Waals surface area contributed by atoms with E-state index in [9.17, 15) is 4.79 Å². The summed E-state index contributed by atoms with van der Waals surface area (Å²) in [6.07, 6.45) is 5.53. The predicted molar refractivity (Wildman–Crippen MR) is 94.4 cm³/mol. The fraction of sp³-hybridized carbons (Fsp3) is 0.474. The average molecular weight is 327 g/mol. The zero-order valence-corrected chi connectivity index (χ0v) is 14.6. The van der Waals surface area contributed by atoms with Crippen molar-refractivity contribution in [3.8, 4) is 0 Å². The van der Waals surface area contributed by atoms with Crippen LogP contribution in [-0.4, -0.2) is 28.9 Å². The zero-order chi connectivity index (χ0) is 17.2. The first kappa shape index (κ1) is 16.7. The highest BCUT2D eigenvalue weighted by atomic mass is 16.5. The minimum Gasteiger partial charge on any atom is -0.381 e. The molecule has 5 heteroatoms. The van der Waals surface area contributed by atoms with Crippen LogP contribution < -0.4 is 5.32 Å². The summed E-state index contributed by atoms with van der Waals surface area (Å²) in [6, 6.07) is 8.13. The molecule has 1 N–H and O–H groups in total. The summed E-state index contributed by atoms with van der Waals surface area (Å²) >= 11 is 0. The number of aromatic nitrogens is 2. The van der Waals surface area contributed by atoms with E-state index in [0.29, 0.717) is 11.6 Å². The fourth-order valence-corrected chi connectivity index (χ4v) is 2.88. The Morgan fingerprint density at radius 2 is 1.88 bits per heavy atom. The van der Waals surface area contributed by atoms with Crippen LogP contribution in [0.3, 0.4) is 0 Å². The van der Waals surface area contributed by atoms with Crippen molar-refractivity contribution in [2.24, 2.45) is 0 Å². The Morgan fingerprint density at radius 3 is 2.50 bits per heavy atom. The Labute approximate surface area is 143 Å². The molecule has 1 fully saturated rings. The van der Waals surface area contributed by atoms with E-state index in [-0.39, 0.29) is 11.3 Å². The van der Waals surface area contributed by atoms with Crippen molar-refractivity contribution in [3.63, 3.8) is 0 Å². The Balaban J connectivity index is 1.65. The summed E-state index contributed by atoms with van der Waals surface area (Å²) in [4.78, 5) is 12.4. The van der Waals surface area contributed by atoms with Crippen LogP contribution in [0.4, 0.5) is 5.69 Å². The van der Waals surface area contributed by atoms with E-state index in [1.54, 1.807) is 6.20 Å². The minimum absolute atomic E-state index is 0.0832. The number of carbonyl (C=O) groups excluding carboxylic acids is 1. The number of hydrogen-bond donors (Lipinski definition) is 1. The van der Waals surface area contributed by atoms with Gasteiger partial charge >= 0.3 is 0 Å². The number of nitrogens with zero attached hydrogens (tertiary/aromatic N) is 2. The molecule has 1 aromatic heterocycles. The smallest absolute Gasteiger partial charge is 0.255 e. The number of rotatable bonds is 3. The van der Waals surface area contributed by atoms with Gasteiger partial charge < -0.3 is 10.1 Å². The lowest BCUT2D eigenvalue weighted by Gasteiger charge is -2.22. The van der Waals surface area contributed by atoms with E-state index in [2.05, 4.69) is 31.2 Å². The van der Waals surface area contributed by atoms with Crippen LogP contribution in [0, 0.1) is 0 Å². The lowest BCUT2D eigenvalue weighted by atomic mass is 9.87. The van der Waals surface area contributed by atoms with E-state index < -0.39 is 0 Å². The van der Waals surface area contributed by atoms with Gasteiger partial charge in [-0.2, -0.15) is 5.10 Å². The lowest BCUT2D eigenvalue weighted by Crippen LogP contribution is -2.19. The van der Waals surface area contributed by atoms with Crippen LogP contribution in [0.1, 0.15) is 55.6 Å². The molecule has 1 amide bonds. The van der Waals surface area contributed by atoms with Gasteiger partial charge in [0.1, 0.15) is 0 Å². The van der Waals surface area contributed by atoms with Gasteiger partial charge in [-0.05, 0) is 36.0 Å². The van der Waals surface area contributed by atoms with Gasteiger partial charge in [0.25, 0.3) is 5.91 Å². The minimum atomic E-state index is -0.109. The molecule has 128 valence electrons. The van der Waals surface area contributed by atoms with Crippen molar-refractivity contribution in [1.29, 1.82) is 0 Å². The molecule has 0 saturated carbocycles. The maximum absolute atomic E-state index is 12.4. The molecule has 1 aromatic carbocycles. The molecule has 1 aliphatic heterocycles. The van der Waals surface area contributed by atoms with Gasteiger partial charge in [-0.1, -0.05) is 32.9 Å². The SMILES string of the molecule is CC(C)(C)c1ccc(C(=O)Nc2cnn(C3CCOCC3)c2)cc1. The topological polar surface area (TPSA) is 56.2 Å². The van der Waals surface area contributed by atoms with Gasteiger partial charge in [0.05, 0.1) is 17.9 Å². The predicted octanol–water partition coefficient (Wildman–Crippen LogP) is 3.78. The Morgan fingerprint density at radius 1 is 1.21 bits per heavy atom. The molecule has 0 spiro atoms. The van der Waals surface area contributed by atoms with Crippen molar-refractivity contribution in [2.75, 3.05) is 18.5 Å². The van der Waals surface area contributed by atoms with Gasteiger partial charge in [0, 0.05) is 25.0 Å². The molecule has 0 unspecified atom stereocenters. The van der Waals surface area contributed by atoms with E-state index in [1.165, 1.54) is 5.56 Å². The third-order valence-corrected chi connectivity index (χ3v) is 4.44. The van der Waals surface area contributed by atoms with E-state index >= 15 is 0 Å². The molecule has 0 aliphatic carbocycles. The van der Waals surface area contributed by atoms with Crippen molar-refractivity contribution >= 4 is 11.6 Å². The van der Waals surface area contributed by atoms with Gasteiger partial charge in [-0.25, -0.2) is 0 Å². The second kappa shape index (κ2) is 6.77. The summed E-state index contributed by atoms with van der Waals surface area (Å²) in [5.41, 5.74) is 2.68. The standard InChI is InChI=1S/C19H25N3O2/c1-19(2,3)15-6-4-14(5-7-15)18(23)21-16-12-20-22(13-16)17-8-10-24-11-9-17/h4-7,12-13,17H,8-11H2,1-3H3,(H,21,23). The molecule has 1 saturated heterocycles. The molecule has 24 heavy (non-hydrogen) atoms. The molecule has 5 nitrogen and oxygen atoms in total. The fourth-order valence-electron chi connectivity index (χ4n) is 2.88.